The number of carboxylic acid groups (broad SMARTS) is 1. The zero-order valence-electron chi connectivity index (χ0n) is 10.7. The summed E-state index contributed by atoms with van der Waals surface area (Å²) in [5.74, 6) is -0.0601. The van der Waals surface area contributed by atoms with Crippen molar-refractivity contribution in [3.63, 3.8) is 0 Å². The smallest absolute Gasteiger partial charge is 0.335 e. The highest BCUT2D eigenvalue weighted by Crippen LogP contribution is 2.30. The van der Waals surface area contributed by atoms with Crippen molar-refractivity contribution in [1.82, 2.24) is 0 Å². The molecule has 0 radical (unpaired) electrons. The molecule has 0 aromatic rings. The van der Waals surface area contributed by atoms with Crippen LogP contribution in [-0.2, 0) is 9.53 Å². The Morgan fingerprint density at radius 1 is 1.38 bits per heavy atom. The second-order valence-electron chi connectivity index (χ2n) is 5.29. The Hall–Kier alpha value is -0.570. The predicted octanol–water partition coefficient (Wildman–Crippen LogP) is 3.23. The van der Waals surface area contributed by atoms with E-state index < -0.39 is 11.6 Å². The molecule has 1 unspecified atom stereocenters. The lowest BCUT2D eigenvalue weighted by Gasteiger charge is -2.34. The van der Waals surface area contributed by atoms with E-state index in [2.05, 4.69) is 6.92 Å². The number of carbonyl (C=O) groups is 1. The molecule has 1 saturated carbocycles. The van der Waals surface area contributed by atoms with E-state index in [1.165, 1.54) is 0 Å². The lowest BCUT2D eigenvalue weighted by Crippen LogP contribution is -2.42. The molecule has 3 heteroatoms. The Morgan fingerprint density at radius 2 is 1.94 bits per heavy atom. The van der Waals surface area contributed by atoms with Crippen LogP contribution in [0.5, 0.6) is 0 Å². The topological polar surface area (TPSA) is 46.5 Å². The van der Waals surface area contributed by atoms with Gasteiger partial charge in [0.1, 0.15) is 0 Å². The number of hydrogen-bond donors (Lipinski definition) is 1. The van der Waals surface area contributed by atoms with Gasteiger partial charge in [-0.1, -0.05) is 20.3 Å². The summed E-state index contributed by atoms with van der Waals surface area (Å²) < 4.78 is 5.83. The molecular weight excluding hydrogens is 204 g/mol. The maximum absolute atomic E-state index is 11.2. The molecule has 0 aliphatic heterocycles. The van der Waals surface area contributed by atoms with Gasteiger partial charge in [0.25, 0.3) is 0 Å². The van der Waals surface area contributed by atoms with Crippen molar-refractivity contribution >= 4 is 5.97 Å². The van der Waals surface area contributed by atoms with E-state index in [0.717, 1.165) is 38.0 Å². The van der Waals surface area contributed by atoms with Gasteiger partial charge in [-0.2, -0.15) is 0 Å². The third-order valence-corrected chi connectivity index (χ3v) is 3.57. The fraction of sp³-hybridized carbons (Fsp3) is 0.923. The summed E-state index contributed by atoms with van der Waals surface area (Å²) in [6.07, 6.45) is 5.91. The first-order valence-electron chi connectivity index (χ1n) is 6.39. The number of aliphatic carboxylic acids is 1. The van der Waals surface area contributed by atoms with Crippen molar-refractivity contribution in [2.24, 2.45) is 5.92 Å². The summed E-state index contributed by atoms with van der Waals surface area (Å²) in [6, 6.07) is 0. The lowest BCUT2D eigenvalue weighted by molar-refractivity contribution is -0.175. The van der Waals surface area contributed by atoms with Gasteiger partial charge in [-0.15, -0.1) is 0 Å². The molecule has 94 valence electrons. The van der Waals surface area contributed by atoms with E-state index in [-0.39, 0.29) is 6.10 Å². The van der Waals surface area contributed by atoms with Gasteiger partial charge in [-0.3, -0.25) is 0 Å². The van der Waals surface area contributed by atoms with Gasteiger partial charge in [-0.25, -0.2) is 4.79 Å². The fourth-order valence-electron chi connectivity index (χ4n) is 2.41. The zero-order valence-corrected chi connectivity index (χ0v) is 10.7. The minimum absolute atomic E-state index is 0.142. The van der Waals surface area contributed by atoms with Crippen molar-refractivity contribution in [1.29, 1.82) is 0 Å². The molecular formula is C13H24O3. The lowest BCUT2D eigenvalue weighted by atomic mass is 9.88. The SMILES string of the molecule is CCCC(C)(OC1CCC(C)CC1)C(=O)O. The predicted molar refractivity (Wildman–Crippen MR) is 63.5 cm³/mol. The largest absolute Gasteiger partial charge is 0.479 e. The van der Waals surface area contributed by atoms with Crippen LogP contribution >= 0.6 is 0 Å². The summed E-state index contributed by atoms with van der Waals surface area (Å²) >= 11 is 0. The molecule has 1 aliphatic carbocycles. The molecule has 0 amide bonds. The Labute approximate surface area is 98.2 Å². The maximum Gasteiger partial charge on any atom is 0.335 e. The number of rotatable bonds is 5. The number of hydrogen-bond acceptors (Lipinski definition) is 2. The average molecular weight is 228 g/mol. The van der Waals surface area contributed by atoms with E-state index in [1.54, 1.807) is 6.92 Å². The number of ether oxygens (including phenoxy) is 1. The first-order valence-corrected chi connectivity index (χ1v) is 6.39. The molecule has 0 heterocycles. The molecule has 1 aliphatic rings. The maximum atomic E-state index is 11.2. The Balaban J connectivity index is 2.52. The van der Waals surface area contributed by atoms with Crippen LogP contribution in [0.4, 0.5) is 0 Å². The summed E-state index contributed by atoms with van der Waals surface area (Å²) in [7, 11) is 0. The second kappa shape index (κ2) is 5.67. The van der Waals surface area contributed by atoms with Crippen LogP contribution in [0.15, 0.2) is 0 Å². The highest BCUT2D eigenvalue weighted by atomic mass is 16.5. The van der Waals surface area contributed by atoms with E-state index >= 15 is 0 Å². The van der Waals surface area contributed by atoms with E-state index in [9.17, 15) is 9.90 Å². The molecule has 1 fully saturated rings. The Bertz CT molecular complexity index is 231. The quantitative estimate of drug-likeness (QED) is 0.785. The van der Waals surface area contributed by atoms with Crippen molar-refractivity contribution in [3.05, 3.63) is 0 Å². The zero-order chi connectivity index (χ0) is 12.2. The van der Waals surface area contributed by atoms with Crippen LogP contribution in [0.25, 0.3) is 0 Å². The van der Waals surface area contributed by atoms with Crippen molar-refractivity contribution in [2.75, 3.05) is 0 Å². The summed E-state index contributed by atoms with van der Waals surface area (Å²) in [6.45, 7) is 5.95. The minimum atomic E-state index is -0.986. The van der Waals surface area contributed by atoms with Gasteiger partial charge >= 0.3 is 5.97 Å². The molecule has 0 saturated heterocycles. The van der Waals surface area contributed by atoms with Crippen LogP contribution in [0.1, 0.15) is 59.3 Å². The molecule has 1 atom stereocenters. The third-order valence-electron chi connectivity index (χ3n) is 3.57. The van der Waals surface area contributed by atoms with Crippen molar-refractivity contribution < 1.29 is 14.6 Å². The number of carboxylic acids is 1. The Morgan fingerprint density at radius 3 is 2.38 bits per heavy atom. The molecule has 16 heavy (non-hydrogen) atoms. The molecule has 1 N–H and O–H groups in total. The average Bonchev–Trinajstić information content (AvgIpc) is 2.22. The molecule has 0 aromatic heterocycles. The van der Waals surface area contributed by atoms with Gasteiger partial charge in [0, 0.05) is 0 Å². The van der Waals surface area contributed by atoms with Gasteiger partial charge in [-0.05, 0) is 44.9 Å². The minimum Gasteiger partial charge on any atom is -0.479 e. The highest BCUT2D eigenvalue weighted by molar-refractivity contribution is 5.76. The van der Waals surface area contributed by atoms with Crippen LogP contribution in [-0.4, -0.2) is 22.8 Å². The third kappa shape index (κ3) is 3.48. The van der Waals surface area contributed by atoms with E-state index in [4.69, 9.17) is 4.74 Å². The van der Waals surface area contributed by atoms with E-state index in [1.807, 2.05) is 6.92 Å². The standard InChI is InChI=1S/C13H24O3/c1-4-9-13(3,12(14)15)16-11-7-5-10(2)6-8-11/h10-11H,4-9H2,1-3H3,(H,14,15). The molecule has 0 spiro atoms. The Kier molecular flexibility index (Phi) is 4.78. The normalized spacial score (nSPS) is 29.7. The van der Waals surface area contributed by atoms with Crippen LogP contribution < -0.4 is 0 Å². The van der Waals surface area contributed by atoms with Gasteiger partial charge in [0.15, 0.2) is 5.60 Å². The van der Waals surface area contributed by atoms with Crippen molar-refractivity contribution in [3.8, 4) is 0 Å². The van der Waals surface area contributed by atoms with Gasteiger partial charge in [0.05, 0.1) is 6.10 Å². The van der Waals surface area contributed by atoms with Crippen LogP contribution in [0.3, 0.4) is 0 Å². The van der Waals surface area contributed by atoms with E-state index in [0.29, 0.717) is 6.42 Å². The monoisotopic (exact) mass is 228 g/mol. The van der Waals surface area contributed by atoms with Gasteiger partial charge < -0.3 is 9.84 Å². The highest BCUT2D eigenvalue weighted by Gasteiger charge is 2.36. The molecule has 1 rings (SSSR count). The summed E-state index contributed by atoms with van der Waals surface area (Å²) in [4.78, 5) is 11.2. The fourth-order valence-corrected chi connectivity index (χ4v) is 2.41. The first kappa shape index (κ1) is 13.5. The van der Waals surface area contributed by atoms with Crippen LogP contribution in [0.2, 0.25) is 0 Å². The summed E-state index contributed by atoms with van der Waals surface area (Å²) in [5, 5.41) is 9.22. The second-order valence-corrected chi connectivity index (χ2v) is 5.29. The molecule has 3 nitrogen and oxygen atoms in total. The first-order chi connectivity index (χ1) is 7.48. The van der Waals surface area contributed by atoms with Gasteiger partial charge in [0.2, 0.25) is 0 Å². The molecule has 0 aromatic carbocycles. The van der Waals surface area contributed by atoms with Crippen molar-refractivity contribution in [2.45, 2.75) is 71.0 Å². The molecule has 0 bridgehead atoms. The summed E-state index contributed by atoms with van der Waals surface area (Å²) in [5.41, 5.74) is -0.986. The van der Waals surface area contributed by atoms with Crippen LogP contribution in [0, 0.1) is 5.92 Å².